The number of ether oxygens (including phenoxy) is 1. The highest BCUT2D eigenvalue weighted by molar-refractivity contribution is 7.89. The Labute approximate surface area is 124 Å². The summed E-state index contributed by atoms with van der Waals surface area (Å²) in [4.78, 5) is 0.132. The molecular weight excluding hydrogens is 292 g/mol. The fourth-order valence-electron chi connectivity index (χ4n) is 1.95. The Morgan fingerprint density at radius 2 is 2.14 bits per heavy atom. The van der Waals surface area contributed by atoms with Gasteiger partial charge in [0.25, 0.3) is 0 Å². The number of rotatable bonds is 5. The van der Waals surface area contributed by atoms with Crippen LogP contribution >= 0.6 is 0 Å². The van der Waals surface area contributed by atoms with Crippen LogP contribution in [0.15, 0.2) is 35.5 Å². The topological polar surface area (TPSA) is 90.5 Å². The zero-order valence-electron chi connectivity index (χ0n) is 12.1. The molecule has 1 heterocycles. The molecule has 0 saturated heterocycles. The highest BCUT2D eigenvalue weighted by Gasteiger charge is 2.22. The van der Waals surface area contributed by atoms with Crippen molar-refractivity contribution in [2.75, 3.05) is 19.9 Å². The minimum atomic E-state index is -3.61. The molecule has 0 spiro atoms. The van der Waals surface area contributed by atoms with E-state index < -0.39 is 10.0 Å². The monoisotopic (exact) mass is 310 g/mol. The van der Waals surface area contributed by atoms with Crippen LogP contribution in [0.4, 0.5) is 5.69 Å². The van der Waals surface area contributed by atoms with Gasteiger partial charge in [0.1, 0.15) is 5.75 Å². The molecule has 2 N–H and O–H groups in total. The van der Waals surface area contributed by atoms with Crippen LogP contribution in [0, 0.1) is 0 Å². The molecule has 1 aromatic carbocycles. The second-order valence-corrected chi connectivity index (χ2v) is 6.73. The lowest BCUT2D eigenvalue weighted by molar-refractivity contribution is 0.416. The molecule has 1 aromatic heterocycles. The Balaban J connectivity index is 2.26. The Bertz CT molecular complexity index is 740. The van der Waals surface area contributed by atoms with Crippen molar-refractivity contribution in [2.45, 2.75) is 11.4 Å². The lowest BCUT2D eigenvalue weighted by atomic mass is 10.3. The Hall–Kier alpha value is -2.06. The molecule has 0 saturated carbocycles. The number of nitrogens with two attached hydrogens (primary N) is 1. The van der Waals surface area contributed by atoms with E-state index in [1.807, 2.05) is 0 Å². The van der Waals surface area contributed by atoms with Crippen molar-refractivity contribution in [1.29, 1.82) is 0 Å². The molecule has 0 aliphatic heterocycles. The number of anilines is 1. The predicted octanol–water partition coefficient (Wildman–Crippen LogP) is 0.832. The van der Waals surface area contributed by atoms with Gasteiger partial charge in [-0.3, -0.25) is 4.68 Å². The highest BCUT2D eigenvalue weighted by atomic mass is 32.2. The summed E-state index contributed by atoms with van der Waals surface area (Å²) in [7, 11) is 1.16. The van der Waals surface area contributed by atoms with Gasteiger partial charge in [0.2, 0.25) is 10.0 Å². The van der Waals surface area contributed by atoms with E-state index in [2.05, 4.69) is 5.10 Å². The van der Waals surface area contributed by atoms with Crippen LogP contribution in [0.25, 0.3) is 0 Å². The number of benzene rings is 1. The van der Waals surface area contributed by atoms with E-state index in [-0.39, 0.29) is 17.1 Å². The zero-order valence-corrected chi connectivity index (χ0v) is 13.0. The molecule has 2 aromatic rings. The van der Waals surface area contributed by atoms with Crippen LogP contribution in [0.2, 0.25) is 0 Å². The molecule has 0 fully saturated rings. The summed E-state index contributed by atoms with van der Waals surface area (Å²) in [6.45, 7) is 0.238. The van der Waals surface area contributed by atoms with Gasteiger partial charge in [-0.15, -0.1) is 0 Å². The van der Waals surface area contributed by atoms with Crippen molar-refractivity contribution < 1.29 is 13.2 Å². The van der Waals surface area contributed by atoms with Crippen molar-refractivity contribution in [3.8, 4) is 5.75 Å². The summed E-state index contributed by atoms with van der Waals surface area (Å²) < 4.78 is 32.9. The minimum absolute atomic E-state index is 0.132. The average molecular weight is 310 g/mol. The van der Waals surface area contributed by atoms with E-state index in [1.165, 1.54) is 30.6 Å². The number of hydrogen-bond acceptors (Lipinski definition) is 5. The average Bonchev–Trinajstić information content (AvgIpc) is 2.83. The maximum atomic E-state index is 12.5. The first kappa shape index (κ1) is 15.3. The van der Waals surface area contributed by atoms with Crippen LogP contribution in [-0.2, 0) is 23.6 Å². The van der Waals surface area contributed by atoms with E-state index in [0.717, 1.165) is 5.56 Å². The summed E-state index contributed by atoms with van der Waals surface area (Å²) >= 11 is 0. The molecule has 114 valence electrons. The van der Waals surface area contributed by atoms with E-state index in [4.69, 9.17) is 10.5 Å². The maximum absolute atomic E-state index is 12.5. The third kappa shape index (κ3) is 3.17. The number of aryl methyl sites for hydroxylation is 1. The van der Waals surface area contributed by atoms with Crippen LogP contribution in [0.3, 0.4) is 0 Å². The molecular formula is C13H18N4O3S. The lowest BCUT2D eigenvalue weighted by Gasteiger charge is -2.17. The van der Waals surface area contributed by atoms with E-state index in [9.17, 15) is 8.42 Å². The van der Waals surface area contributed by atoms with Crippen LogP contribution < -0.4 is 10.5 Å². The van der Waals surface area contributed by atoms with E-state index >= 15 is 0 Å². The standard InChI is InChI=1S/C13H18N4O3S/c1-16-8-10(7-15-16)9-17(2)21(18,19)11-4-5-13(20-3)12(14)6-11/h4-8H,9,14H2,1-3H3. The Kier molecular flexibility index (Phi) is 4.19. The van der Waals surface area contributed by atoms with Gasteiger partial charge in [-0.1, -0.05) is 0 Å². The number of hydrogen-bond donors (Lipinski definition) is 1. The third-order valence-corrected chi connectivity index (χ3v) is 4.87. The number of aromatic nitrogens is 2. The van der Waals surface area contributed by atoms with Gasteiger partial charge in [0.05, 0.1) is 23.9 Å². The van der Waals surface area contributed by atoms with Gasteiger partial charge in [-0.25, -0.2) is 8.42 Å². The van der Waals surface area contributed by atoms with Crippen LogP contribution in [0.1, 0.15) is 5.56 Å². The van der Waals surface area contributed by atoms with E-state index in [0.29, 0.717) is 5.75 Å². The van der Waals surface area contributed by atoms with Crippen molar-refractivity contribution in [3.05, 3.63) is 36.2 Å². The van der Waals surface area contributed by atoms with Crippen molar-refractivity contribution in [2.24, 2.45) is 7.05 Å². The fourth-order valence-corrected chi connectivity index (χ4v) is 3.14. The molecule has 0 radical (unpaired) electrons. The number of sulfonamides is 1. The largest absolute Gasteiger partial charge is 0.495 e. The first-order valence-corrected chi connectivity index (χ1v) is 7.66. The molecule has 21 heavy (non-hydrogen) atoms. The normalized spacial score (nSPS) is 11.8. The second kappa shape index (κ2) is 5.74. The quantitative estimate of drug-likeness (QED) is 0.826. The number of nitrogen functional groups attached to an aromatic ring is 1. The molecule has 0 unspecified atom stereocenters. The Morgan fingerprint density at radius 3 is 2.67 bits per heavy atom. The number of methoxy groups -OCH3 is 1. The van der Waals surface area contributed by atoms with Gasteiger partial charge in [-0.05, 0) is 18.2 Å². The summed E-state index contributed by atoms with van der Waals surface area (Å²) in [6, 6.07) is 4.41. The fraction of sp³-hybridized carbons (Fsp3) is 0.308. The summed E-state index contributed by atoms with van der Waals surface area (Å²) in [5.41, 5.74) is 6.86. The Morgan fingerprint density at radius 1 is 1.43 bits per heavy atom. The van der Waals surface area contributed by atoms with Gasteiger partial charge < -0.3 is 10.5 Å². The van der Waals surface area contributed by atoms with Crippen LogP contribution in [-0.4, -0.2) is 36.7 Å². The van der Waals surface area contributed by atoms with Gasteiger partial charge in [0.15, 0.2) is 0 Å². The molecule has 2 rings (SSSR count). The molecule has 0 aliphatic carbocycles. The molecule has 0 amide bonds. The molecule has 0 bridgehead atoms. The number of nitrogens with zero attached hydrogens (tertiary/aromatic N) is 3. The molecule has 0 aliphatic rings. The molecule has 7 nitrogen and oxygen atoms in total. The first-order chi connectivity index (χ1) is 9.84. The molecule has 0 atom stereocenters. The van der Waals surface area contributed by atoms with Crippen LogP contribution in [0.5, 0.6) is 5.75 Å². The predicted molar refractivity (Wildman–Crippen MR) is 79.3 cm³/mol. The molecule has 8 heteroatoms. The third-order valence-electron chi connectivity index (χ3n) is 3.07. The zero-order chi connectivity index (χ0) is 15.6. The van der Waals surface area contributed by atoms with Crippen molar-refractivity contribution >= 4 is 15.7 Å². The maximum Gasteiger partial charge on any atom is 0.243 e. The summed E-state index contributed by atoms with van der Waals surface area (Å²) in [6.07, 6.45) is 3.41. The minimum Gasteiger partial charge on any atom is -0.495 e. The summed E-state index contributed by atoms with van der Waals surface area (Å²) in [5, 5.41) is 4.02. The highest BCUT2D eigenvalue weighted by Crippen LogP contribution is 2.26. The van der Waals surface area contributed by atoms with Crippen molar-refractivity contribution in [1.82, 2.24) is 14.1 Å². The van der Waals surface area contributed by atoms with Gasteiger partial charge in [0, 0.05) is 32.4 Å². The van der Waals surface area contributed by atoms with Gasteiger partial charge in [-0.2, -0.15) is 9.40 Å². The second-order valence-electron chi connectivity index (χ2n) is 4.69. The SMILES string of the molecule is COc1ccc(S(=O)(=O)N(C)Cc2cnn(C)c2)cc1N. The van der Waals surface area contributed by atoms with Crippen molar-refractivity contribution in [3.63, 3.8) is 0 Å². The summed E-state index contributed by atoms with van der Waals surface area (Å²) in [5.74, 6) is 0.448. The van der Waals surface area contributed by atoms with Gasteiger partial charge >= 0.3 is 0 Å². The van der Waals surface area contributed by atoms with E-state index in [1.54, 1.807) is 30.2 Å². The first-order valence-electron chi connectivity index (χ1n) is 6.22. The smallest absolute Gasteiger partial charge is 0.243 e. The lowest BCUT2D eigenvalue weighted by Crippen LogP contribution is -2.26.